The molecule has 1 aromatic rings. The van der Waals surface area contributed by atoms with Crippen LogP contribution in [-0.2, 0) is 9.47 Å². The van der Waals surface area contributed by atoms with Crippen LogP contribution in [0.25, 0.3) is 0 Å². The second-order valence-corrected chi connectivity index (χ2v) is 5.63. The lowest BCUT2D eigenvalue weighted by molar-refractivity contribution is -0.0165. The van der Waals surface area contributed by atoms with Gasteiger partial charge < -0.3 is 19.5 Å². The van der Waals surface area contributed by atoms with Crippen LogP contribution in [0.3, 0.4) is 0 Å². The zero-order valence-corrected chi connectivity index (χ0v) is 13.3. The van der Waals surface area contributed by atoms with Crippen molar-refractivity contribution in [2.75, 3.05) is 34.0 Å². The quantitative estimate of drug-likeness (QED) is 0.839. The molecule has 2 unspecified atom stereocenters. The van der Waals surface area contributed by atoms with Crippen molar-refractivity contribution < 1.29 is 14.2 Å². The Hall–Kier alpha value is -1.10. The van der Waals surface area contributed by atoms with Crippen molar-refractivity contribution in [2.45, 2.75) is 31.9 Å². The number of rotatable bonds is 7. The van der Waals surface area contributed by atoms with Crippen LogP contribution in [0.5, 0.6) is 5.75 Å². The number of likely N-dealkylation sites (N-methyl/N-ethyl adjacent to an activating group) is 1. The number of ether oxygens (including phenoxy) is 3. The lowest BCUT2D eigenvalue weighted by Gasteiger charge is -2.28. The smallest absolute Gasteiger partial charge is 0.118 e. The lowest BCUT2D eigenvalue weighted by atomic mass is 10.00. The topological polar surface area (TPSA) is 39.7 Å². The van der Waals surface area contributed by atoms with Gasteiger partial charge in [-0.25, -0.2) is 0 Å². The van der Waals surface area contributed by atoms with Gasteiger partial charge in [0.15, 0.2) is 0 Å². The second-order valence-electron chi connectivity index (χ2n) is 5.63. The normalized spacial score (nSPS) is 19.2. The van der Waals surface area contributed by atoms with Gasteiger partial charge in [-0.3, -0.25) is 0 Å². The van der Waals surface area contributed by atoms with E-state index in [4.69, 9.17) is 14.2 Å². The minimum atomic E-state index is 0.131. The number of hydrogen-bond acceptors (Lipinski definition) is 4. The minimum Gasteiger partial charge on any atom is -0.497 e. The maximum atomic E-state index is 6.10. The van der Waals surface area contributed by atoms with E-state index in [0.717, 1.165) is 38.4 Å². The summed E-state index contributed by atoms with van der Waals surface area (Å²) < 4.78 is 16.7. The third-order valence-corrected chi connectivity index (χ3v) is 4.19. The summed E-state index contributed by atoms with van der Waals surface area (Å²) in [6.07, 6.45) is 2.35. The van der Waals surface area contributed by atoms with E-state index in [1.807, 2.05) is 19.2 Å². The summed E-state index contributed by atoms with van der Waals surface area (Å²) in [6.45, 7) is 4.69. The van der Waals surface area contributed by atoms with Gasteiger partial charge in [0.25, 0.3) is 0 Å². The van der Waals surface area contributed by atoms with E-state index in [1.165, 1.54) is 5.56 Å². The fourth-order valence-corrected chi connectivity index (χ4v) is 2.78. The maximum Gasteiger partial charge on any atom is 0.118 e. The van der Waals surface area contributed by atoms with Crippen LogP contribution in [0.2, 0.25) is 0 Å². The third kappa shape index (κ3) is 4.70. The molecule has 1 heterocycles. The molecule has 2 rings (SSSR count). The number of methoxy groups -OCH3 is 1. The van der Waals surface area contributed by atoms with Gasteiger partial charge in [-0.2, -0.15) is 0 Å². The third-order valence-electron chi connectivity index (χ3n) is 4.19. The molecule has 0 aromatic heterocycles. The monoisotopic (exact) mass is 293 g/mol. The molecule has 1 saturated heterocycles. The molecule has 0 amide bonds. The average molecular weight is 293 g/mol. The molecule has 0 radical (unpaired) electrons. The molecule has 0 saturated carbocycles. The Morgan fingerprint density at radius 1 is 1.24 bits per heavy atom. The number of hydrogen-bond donors (Lipinski definition) is 1. The predicted molar refractivity (Wildman–Crippen MR) is 83.8 cm³/mol. The highest BCUT2D eigenvalue weighted by Gasteiger charge is 2.21. The van der Waals surface area contributed by atoms with Crippen molar-refractivity contribution in [2.24, 2.45) is 5.92 Å². The SMILES string of the molecule is CNC(c1ccc(OC)cc1)C(C)OCC1CCOCC1. The van der Waals surface area contributed by atoms with Gasteiger partial charge in [0.1, 0.15) is 5.75 Å². The van der Waals surface area contributed by atoms with Gasteiger partial charge in [0.2, 0.25) is 0 Å². The van der Waals surface area contributed by atoms with Gasteiger partial charge >= 0.3 is 0 Å². The predicted octanol–water partition coefficient (Wildman–Crippen LogP) is 2.79. The molecule has 1 aromatic carbocycles. The van der Waals surface area contributed by atoms with E-state index in [2.05, 4.69) is 24.4 Å². The van der Waals surface area contributed by atoms with E-state index in [-0.39, 0.29) is 12.1 Å². The molecule has 1 fully saturated rings. The van der Waals surface area contributed by atoms with Crippen LogP contribution < -0.4 is 10.1 Å². The summed E-state index contributed by atoms with van der Waals surface area (Å²) in [5, 5.41) is 3.35. The van der Waals surface area contributed by atoms with Crippen LogP contribution in [0.4, 0.5) is 0 Å². The summed E-state index contributed by atoms with van der Waals surface area (Å²) in [5.74, 6) is 1.51. The lowest BCUT2D eigenvalue weighted by Crippen LogP contribution is -2.31. The molecule has 0 aliphatic carbocycles. The highest BCUT2D eigenvalue weighted by atomic mass is 16.5. The van der Waals surface area contributed by atoms with Crippen molar-refractivity contribution >= 4 is 0 Å². The minimum absolute atomic E-state index is 0.131. The van der Waals surface area contributed by atoms with Crippen molar-refractivity contribution in [3.8, 4) is 5.75 Å². The van der Waals surface area contributed by atoms with Gasteiger partial charge in [0.05, 0.1) is 25.9 Å². The molecule has 118 valence electrons. The summed E-state index contributed by atoms with van der Waals surface area (Å²) in [6, 6.07) is 8.36. The summed E-state index contributed by atoms with van der Waals surface area (Å²) in [4.78, 5) is 0. The number of benzene rings is 1. The van der Waals surface area contributed by atoms with E-state index in [1.54, 1.807) is 7.11 Å². The molecule has 21 heavy (non-hydrogen) atoms. The molecule has 1 aliphatic heterocycles. The van der Waals surface area contributed by atoms with Crippen molar-refractivity contribution in [3.63, 3.8) is 0 Å². The van der Waals surface area contributed by atoms with Gasteiger partial charge in [0, 0.05) is 13.2 Å². The van der Waals surface area contributed by atoms with E-state index >= 15 is 0 Å². The Morgan fingerprint density at radius 3 is 2.48 bits per heavy atom. The van der Waals surface area contributed by atoms with Crippen LogP contribution >= 0.6 is 0 Å². The van der Waals surface area contributed by atoms with Gasteiger partial charge in [-0.05, 0) is 50.4 Å². The van der Waals surface area contributed by atoms with Crippen molar-refractivity contribution in [1.82, 2.24) is 5.32 Å². The van der Waals surface area contributed by atoms with E-state index in [0.29, 0.717) is 5.92 Å². The van der Waals surface area contributed by atoms with E-state index in [9.17, 15) is 0 Å². The summed E-state index contributed by atoms with van der Waals surface area (Å²) in [7, 11) is 3.66. The second kappa shape index (κ2) is 8.37. The first-order valence-electron chi connectivity index (χ1n) is 7.75. The van der Waals surface area contributed by atoms with Crippen molar-refractivity contribution in [1.29, 1.82) is 0 Å². The number of nitrogens with one attached hydrogen (secondary N) is 1. The summed E-state index contributed by atoms with van der Waals surface area (Å²) >= 11 is 0. The zero-order chi connectivity index (χ0) is 15.1. The molecule has 0 bridgehead atoms. The molecule has 4 nitrogen and oxygen atoms in total. The Bertz CT molecular complexity index is 401. The van der Waals surface area contributed by atoms with E-state index < -0.39 is 0 Å². The Labute approximate surface area is 127 Å². The first-order chi connectivity index (χ1) is 10.2. The molecular formula is C17H27NO3. The zero-order valence-electron chi connectivity index (χ0n) is 13.3. The molecule has 1 aliphatic rings. The average Bonchev–Trinajstić information content (AvgIpc) is 2.55. The largest absolute Gasteiger partial charge is 0.497 e. The Balaban J connectivity index is 1.88. The highest BCUT2D eigenvalue weighted by Crippen LogP contribution is 2.23. The van der Waals surface area contributed by atoms with Crippen LogP contribution in [-0.4, -0.2) is 40.1 Å². The molecule has 4 heteroatoms. The Kier molecular flexibility index (Phi) is 6.49. The molecular weight excluding hydrogens is 266 g/mol. The van der Waals surface area contributed by atoms with Crippen LogP contribution in [0.1, 0.15) is 31.4 Å². The standard InChI is InChI=1S/C17H27NO3/c1-13(21-12-14-8-10-20-11-9-14)17(18-2)15-4-6-16(19-3)7-5-15/h4-7,13-14,17-18H,8-12H2,1-3H3. The first-order valence-corrected chi connectivity index (χ1v) is 7.75. The summed E-state index contributed by atoms with van der Waals surface area (Å²) in [5.41, 5.74) is 1.22. The fraction of sp³-hybridized carbons (Fsp3) is 0.647. The molecule has 2 atom stereocenters. The molecule has 0 spiro atoms. The highest BCUT2D eigenvalue weighted by molar-refractivity contribution is 5.29. The maximum absolute atomic E-state index is 6.10. The Morgan fingerprint density at radius 2 is 1.90 bits per heavy atom. The van der Waals surface area contributed by atoms with Crippen molar-refractivity contribution in [3.05, 3.63) is 29.8 Å². The van der Waals surface area contributed by atoms with Gasteiger partial charge in [-0.15, -0.1) is 0 Å². The van der Waals surface area contributed by atoms with Gasteiger partial charge in [-0.1, -0.05) is 12.1 Å². The first kappa shape index (κ1) is 16.3. The molecule has 1 N–H and O–H groups in total. The van der Waals surface area contributed by atoms with Crippen LogP contribution in [0, 0.1) is 5.92 Å². The fourth-order valence-electron chi connectivity index (χ4n) is 2.78. The van der Waals surface area contributed by atoms with Crippen LogP contribution in [0.15, 0.2) is 24.3 Å².